The second-order valence-corrected chi connectivity index (χ2v) is 6.92. The molecule has 1 amide bonds. The van der Waals surface area contributed by atoms with E-state index in [1.807, 2.05) is 29.2 Å². The van der Waals surface area contributed by atoms with E-state index in [2.05, 4.69) is 11.9 Å². The third-order valence-electron chi connectivity index (χ3n) is 5.34. The maximum Gasteiger partial charge on any atom is 0.254 e. The number of likely N-dealkylation sites (tertiary alicyclic amines) is 2. The molecule has 2 atom stereocenters. The van der Waals surface area contributed by atoms with Gasteiger partial charge < -0.3 is 19.3 Å². The number of carbonyl (C=O) groups excluding carboxylic acids is 1. The summed E-state index contributed by atoms with van der Waals surface area (Å²) in [4.78, 5) is 17.2. The zero-order chi connectivity index (χ0) is 16.4. The van der Waals surface area contributed by atoms with E-state index < -0.39 is 0 Å². The van der Waals surface area contributed by atoms with Crippen LogP contribution >= 0.6 is 0 Å². The van der Waals surface area contributed by atoms with Gasteiger partial charge in [-0.25, -0.2) is 0 Å². The van der Waals surface area contributed by atoms with E-state index in [0.29, 0.717) is 11.5 Å². The molecule has 2 fully saturated rings. The van der Waals surface area contributed by atoms with Crippen molar-refractivity contribution in [1.29, 1.82) is 0 Å². The van der Waals surface area contributed by atoms with E-state index in [4.69, 9.17) is 9.47 Å². The van der Waals surface area contributed by atoms with Gasteiger partial charge in [-0.3, -0.25) is 4.79 Å². The van der Waals surface area contributed by atoms with Crippen LogP contribution in [0.4, 0.5) is 0 Å². The lowest BCUT2D eigenvalue weighted by Gasteiger charge is -2.30. The summed E-state index contributed by atoms with van der Waals surface area (Å²) < 4.78 is 10.7. The normalized spacial score (nSPS) is 27.8. The van der Waals surface area contributed by atoms with Crippen LogP contribution in [0.5, 0.6) is 5.75 Å². The van der Waals surface area contributed by atoms with Crippen molar-refractivity contribution in [3.05, 3.63) is 29.8 Å². The summed E-state index contributed by atoms with van der Waals surface area (Å²) in [7, 11) is 5.54. The minimum atomic E-state index is 0.103. The van der Waals surface area contributed by atoms with Crippen molar-refractivity contribution in [2.45, 2.75) is 6.42 Å². The van der Waals surface area contributed by atoms with Gasteiger partial charge in [-0.1, -0.05) is 6.07 Å². The third kappa shape index (κ3) is 3.08. The van der Waals surface area contributed by atoms with Gasteiger partial charge in [0.1, 0.15) is 5.75 Å². The van der Waals surface area contributed by atoms with E-state index in [1.54, 1.807) is 14.2 Å². The SMILES string of the molecule is COC[C@@H]1CN(C)C[C@@]12CCN(C(=O)c1cccc(OC)c1)C2. The number of benzene rings is 1. The van der Waals surface area contributed by atoms with Gasteiger partial charge in [-0.2, -0.15) is 0 Å². The molecule has 2 heterocycles. The van der Waals surface area contributed by atoms with Gasteiger partial charge in [0.25, 0.3) is 5.91 Å². The molecule has 5 heteroatoms. The number of ether oxygens (including phenoxy) is 2. The second-order valence-electron chi connectivity index (χ2n) is 6.92. The summed E-state index contributed by atoms with van der Waals surface area (Å²) in [5.41, 5.74) is 0.885. The van der Waals surface area contributed by atoms with E-state index >= 15 is 0 Å². The first-order valence-electron chi connectivity index (χ1n) is 8.19. The summed E-state index contributed by atoms with van der Waals surface area (Å²) in [5, 5.41) is 0. The molecule has 0 radical (unpaired) electrons. The molecule has 0 bridgehead atoms. The fourth-order valence-corrected chi connectivity index (χ4v) is 4.20. The number of hydrogen-bond donors (Lipinski definition) is 0. The second kappa shape index (κ2) is 6.49. The van der Waals surface area contributed by atoms with E-state index in [9.17, 15) is 4.79 Å². The van der Waals surface area contributed by atoms with Gasteiger partial charge in [0.2, 0.25) is 0 Å². The Morgan fingerprint density at radius 3 is 2.91 bits per heavy atom. The summed E-state index contributed by atoms with van der Waals surface area (Å²) >= 11 is 0. The Balaban J connectivity index is 1.74. The zero-order valence-corrected chi connectivity index (χ0v) is 14.2. The van der Waals surface area contributed by atoms with Crippen molar-refractivity contribution in [1.82, 2.24) is 9.80 Å². The average molecular weight is 318 g/mol. The summed E-state index contributed by atoms with van der Waals surface area (Å²) in [5.74, 6) is 1.33. The first-order valence-corrected chi connectivity index (χ1v) is 8.19. The molecule has 2 aliphatic rings. The topological polar surface area (TPSA) is 42.0 Å². The minimum absolute atomic E-state index is 0.103. The summed E-state index contributed by atoms with van der Waals surface area (Å²) in [6.07, 6.45) is 1.06. The highest BCUT2D eigenvalue weighted by atomic mass is 16.5. The van der Waals surface area contributed by atoms with Crippen LogP contribution in [0.3, 0.4) is 0 Å². The number of rotatable bonds is 4. The molecular formula is C18H26N2O3. The summed E-state index contributed by atoms with van der Waals surface area (Å²) in [6.45, 7) is 4.51. The van der Waals surface area contributed by atoms with Crippen LogP contribution in [-0.2, 0) is 4.74 Å². The fourth-order valence-electron chi connectivity index (χ4n) is 4.20. The quantitative estimate of drug-likeness (QED) is 0.848. The lowest BCUT2D eigenvalue weighted by molar-refractivity contribution is 0.0715. The summed E-state index contributed by atoms with van der Waals surface area (Å²) in [6, 6.07) is 7.42. The molecule has 1 spiro atoms. The van der Waals surface area contributed by atoms with E-state index in [-0.39, 0.29) is 11.3 Å². The Bertz CT molecular complexity index is 577. The molecule has 126 valence electrons. The number of nitrogens with zero attached hydrogens (tertiary/aromatic N) is 2. The minimum Gasteiger partial charge on any atom is -0.497 e. The van der Waals surface area contributed by atoms with Gasteiger partial charge in [-0.15, -0.1) is 0 Å². The highest BCUT2D eigenvalue weighted by molar-refractivity contribution is 5.94. The Kier molecular flexibility index (Phi) is 4.60. The van der Waals surface area contributed by atoms with Crippen molar-refractivity contribution >= 4 is 5.91 Å². The smallest absolute Gasteiger partial charge is 0.254 e. The predicted octanol–water partition coefficient (Wildman–Crippen LogP) is 1.74. The lowest BCUT2D eigenvalue weighted by Crippen LogP contribution is -2.38. The number of methoxy groups -OCH3 is 2. The molecule has 0 saturated carbocycles. The Morgan fingerprint density at radius 1 is 1.35 bits per heavy atom. The third-order valence-corrected chi connectivity index (χ3v) is 5.34. The molecule has 5 nitrogen and oxygen atoms in total. The molecule has 0 aromatic heterocycles. The highest BCUT2D eigenvalue weighted by Gasteiger charge is 2.50. The Morgan fingerprint density at radius 2 is 2.17 bits per heavy atom. The molecule has 0 aliphatic carbocycles. The van der Waals surface area contributed by atoms with Crippen molar-refractivity contribution in [2.24, 2.45) is 11.3 Å². The van der Waals surface area contributed by atoms with Gasteiger partial charge in [0.15, 0.2) is 0 Å². The highest BCUT2D eigenvalue weighted by Crippen LogP contribution is 2.43. The van der Waals surface area contributed by atoms with Crippen molar-refractivity contribution in [3.8, 4) is 5.75 Å². The van der Waals surface area contributed by atoms with Crippen LogP contribution in [0, 0.1) is 11.3 Å². The number of amides is 1. The van der Waals surface area contributed by atoms with Crippen molar-refractivity contribution in [2.75, 3.05) is 54.1 Å². The predicted molar refractivity (Wildman–Crippen MR) is 88.8 cm³/mol. The van der Waals surface area contributed by atoms with Gasteiger partial charge in [0.05, 0.1) is 13.7 Å². The molecule has 1 aromatic rings. The van der Waals surface area contributed by atoms with Gasteiger partial charge >= 0.3 is 0 Å². The van der Waals surface area contributed by atoms with Crippen LogP contribution in [0.2, 0.25) is 0 Å². The zero-order valence-electron chi connectivity index (χ0n) is 14.2. The fraction of sp³-hybridized carbons (Fsp3) is 0.611. The molecule has 23 heavy (non-hydrogen) atoms. The molecule has 3 rings (SSSR count). The van der Waals surface area contributed by atoms with Crippen LogP contribution in [0.25, 0.3) is 0 Å². The van der Waals surface area contributed by atoms with Crippen molar-refractivity contribution in [3.63, 3.8) is 0 Å². The molecule has 0 unspecified atom stereocenters. The first-order chi connectivity index (χ1) is 11.1. The number of hydrogen-bond acceptors (Lipinski definition) is 4. The lowest BCUT2D eigenvalue weighted by atomic mass is 9.77. The molecule has 2 saturated heterocycles. The average Bonchev–Trinajstić information content (AvgIpc) is 3.11. The molecule has 1 aromatic carbocycles. The number of carbonyl (C=O) groups is 1. The van der Waals surface area contributed by atoms with Gasteiger partial charge in [-0.05, 0) is 31.7 Å². The van der Waals surface area contributed by atoms with Crippen LogP contribution in [-0.4, -0.2) is 69.8 Å². The Hall–Kier alpha value is -1.59. The van der Waals surface area contributed by atoms with Crippen molar-refractivity contribution < 1.29 is 14.3 Å². The maximum absolute atomic E-state index is 12.8. The first kappa shape index (κ1) is 16.3. The Labute approximate surface area is 138 Å². The van der Waals surface area contributed by atoms with E-state index in [1.165, 1.54) is 0 Å². The molecule has 0 N–H and O–H groups in total. The van der Waals surface area contributed by atoms with Gasteiger partial charge in [0, 0.05) is 50.2 Å². The molecular weight excluding hydrogens is 292 g/mol. The largest absolute Gasteiger partial charge is 0.497 e. The monoisotopic (exact) mass is 318 g/mol. The van der Waals surface area contributed by atoms with Crippen LogP contribution < -0.4 is 4.74 Å². The van der Waals surface area contributed by atoms with Crippen LogP contribution in [0.1, 0.15) is 16.8 Å². The maximum atomic E-state index is 12.8. The molecule has 2 aliphatic heterocycles. The standard InChI is InChI=1S/C18H26N2O3/c1-19-10-15(11-22-2)18(12-19)7-8-20(13-18)17(21)14-5-4-6-16(9-14)23-3/h4-6,9,15H,7-8,10-13H2,1-3H3/t15-,18+/m0/s1. The van der Waals surface area contributed by atoms with E-state index in [0.717, 1.165) is 45.0 Å². The van der Waals surface area contributed by atoms with Crippen LogP contribution in [0.15, 0.2) is 24.3 Å².